The second-order valence-electron chi connectivity index (χ2n) is 4.99. The van der Waals surface area contributed by atoms with Gasteiger partial charge in [0, 0.05) is 13.1 Å². The fourth-order valence-electron chi connectivity index (χ4n) is 2.36. The summed E-state index contributed by atoms with van der Waals surface area (Å²) in [7, 11) is 0. The fraction of sp³-hybridized carbons (Fsp3) is 0.562. The maximum atomic E-state index is 12.1. The van der Waals surface area contributed by atoms with Crippen LogP contribution in [-0.4, -0.2) is 37.1 Å². The molecule has 2 rings (SSSR count). The largest absolute Gasteiger partial charge is 0.494 e. The quantitative estimate of drug-likeness (QED) is 0.830. The van der Waals surface area contributed by atoms with Gasteiger partial charge in [-0.3, -0.25) is 4.79 Å². The first-order valence-electron chi connectivity index (χ1n) is 7.43. The van der Waals surface area contributed by atoms with Gasteiger partial charge in [0.1, 0.15) is 11.5 Å². The Hall–Kier alpha value is -1.71. The van der Waals surface area contributed by atoms with Crippen molar-refractivity contribution in [2.45, 2.75) is 32.6 Å². The van der Waals surface area contributed by atoms with E-state index in [1.807, 2.05) is 36.1 Å². The normalized spacial score (nSPS) is 15.6. The van der Waals surface area contributed by atoms with Gasteiger partial charge in [-0.05, 0) is 44.0 Å². The zero-order valence-electron chi connectivity index (χ0n) is 12.1. The lowest BCUT2D eigenvalue weighted by molar-refractivity contribution is -0.133. The molecule has 1 fully saturated rings. The third kappa shape index (κ3) is 4.44. The predicted molar refractivity (Wildman–Crippen MR) is 78.2 cm³/mol. The van der Waals surface area contributed by atoms with Crippen LogP contribution in [0.2, 0.25) is 0 Å². The van der Waals surface area contributed by atoms with Crippen LogP contribution < -0.4 is 9.47 Å². The van der Waals surface area contributed by atoms with Crippen molar-refractivity contribution in [2.75, 3.05) is 26.3 Å². The molecular formula is C16H23NO3. The zero-order valence-corrected chi connectivity index (χ0v) is 12.1. The Morgan fingerprint density at radius 3 is 2.10 bits per heavy atom. The van der Waals surface area contributed by atoms with Crippen LogP contribution in [0, 0.1) is 0 Å². The van der Waals surface area contributed by atoms with Crippen LogP contribution in [0.5, 0.6) is 11.5 Å². The number of hydrogen-bond donors (Lipinski definition) is 0. The number of likely N-dealkylation sites (tertiary alicyclic amines) is 1. The van der Waals surface area contributed by atoms with Crippen LogP contribution in [0.1, 0.15) is 32.6 Å². The van der Waals surface area contributed by atoms with Crippen molar-refractivity contribution < 1.29 is 14.3 Å². The Labute approximate surface area is 120 Å². The van der Waals surface area contributed by atoms with E-state index in [-0.39, 0.29) is 12.5 Å². The first-order chi connectivity index (χ1) is 9.79. The van der Waals surface area contributed by atoms with E-state index < -0.39 is 0 Å². The SMILES string of the molecule is CCOc1ccc(OCC(=O)N2CCCCCC2)cc1. The van der Waals surface area contributed by atoms with Gasteiger partial charge in [0.2, 0.25) is 0 Å². The van der Waals surface area contributed by atoms with Crippen molar-refractivity contribution in [3.8, 4) is 11.5 Å². The van der Waals surface area contributed by atoms with Gasteiger partial charge in [0.05, 0.1) is 6.61 Å². The highest BCUT2D eigenvalue weighted by molar-refractivity contribution is 5.77. The van der Waals surface area contributed by atoms with E-state index in [0.29, 0.717) is 12.4 Å². The van der Waals surface area contributed by atoms with Gasteiger partial charge in [-0.15, -0.1) is 0 Å². The molecule has 0 bridgehead atoms. The topological polar surface area (TPSA) is 38.8 Å². The van der Waals surface area contributed by atoms with Gasteiger partial charge in [-0.1, -0.05) is 12.8 Å². The Bertz CT molecular complexity index is 408. The van der Waals surface area contributed by atoms with Gasteiger partial charge in [-0.25, -0.2) is 0 Å². The van der Waals surface area contributed by atoms with E-state index in [0.717, 1.165) is 31.7 Å². The number of nitrogens with zero attached hydrogens (tertiary/aromatic N) is 1. The van der Waals surface area contributed by atoms with Crippen LogP contribution in [0.25, 0.3) is 0 Å². The second kappa shape index (κ2) is 7.78. The molecule has 1 saturated heterocycles. The fourth-order valence-corrected chi connectivity index (χ4v) is 2.36. The number of hydrogen-bond acceptors (Lipinski definition) is 3. The number of carbonyl (C=O) groups excluding carboxylic acids is 1. The van der Waals surface area contributed by atoms with Crippen LogP contribution in [0.15, 0.2) is 24.3 Å². The highest BCUT2D eigenvalue weighted by atomic mass is 16.5. The standard InChI is InChI=1S/C16H23NO3/c1-2-19-14-7-9-15(10-8-14)20-13-16(18)17-11-5-3-4-6-12-17/h7-10H,2-6,11-13H2,1H3. The zero-order chi connectivity index (χ0) is 14.2. The molecule has 0 atom stereocenters. The molecule has 1 heterocycles. The van der Waals surface area contributed by atoms with Gasteiger partial charge in [0.15, 0.2) is 6.61 Å². The van der Waals surface area contributed by atoms with E-state index >= 15 is 0 Å². The van der Waals surface area contributed by atoms with Crippen molar-refractivity contribution in [2.24, 2.45) is 0 Å². The number of ether oxygens (including phenoxy) is 2. The lowest BCUT2D eigenvalue weighted by Crippen LogP contribution is -2.35. The Morgan fingerprint density at radius 2 is 1.55 bits per heavy atom. The molecule has 0 radical (unpaired) electrons. The first kappa shape index (κ1) is 14.7. The van der Waals surface area contributed by atoms with Gasteiger partial charge in [-0.2, -0.15) is 0 Å². The molecule has 0 aliphatic carbocycles. The third-order valence-electron chi connectivity index (χ3n) is 3.46. The van der Waals surface area contributed by atoms with Crippen molar-refractivity contribution >= 4 is 5.91 Å². The predicted octanol–water partition coefficient (Wildman–Crippen LogP) is 2.87. The van der Waals surface area contributed by atoms with Gasteiger partial charge < -0.3 is 14.4 Å². The molecule has 1 aliphatic rings. The van der Waals surface area contributed by atoms with Crippen molar-refractivity contribution in [1.29, 1.82) is 0 Å². The van der Waals surface area contributed by atoms with E-state index in [1.165, 1.54) is 12.8 Å². The monoisotopic (exact) mass is 277 g/mol. The molecule has 0 aromatic heterocycles. The van der Waals surface area contributed by atoms with E-state index in [1.54, 1.807) is 0 Å². The molecule has 1 aliphatic heterocycles. The Balaban J connectivity index is 1.80. The molecule has 0 unspecified atom stereocenters. The first-order valence-corrected chi connectivity index (χ1v) is 7.43. The molecule has 0 spiro atoms. The maximum absolute atomic E-state index is 12.1. The van der Waals surface area contributed by atoms with Crippen LogP contribution in [0.4, 0.5) is 0 Å². The van der Waals surface area contributed by atoms with Crippen LogP contribution in [-0.2, 0) is 4.79 Å². The summed E-state index contributed by atoms with van der Waals surface area (Å²) in [5.41, 5.74) is 0. The van der Waals surface area contributed by atoms with Gasteiger partial charge >= 0.3 is 0 Å². The van der Waals surface area contributed by atoms with Crippen molar-refractivity contribution in [3.63, 3.8) is 0 Å². The minimum absolute atomic E-state index is 0.0841. The average molecular weight is 277 g/mol. The summed E-state index contributed by atoms with van der Waals surface area (Å²) in [6.07, 6.45) is 4.66. The summed E-state index contributed by atoms with van der Waals surface area (Å²) in [5, 5.41) is 0. The van der Waals surface area contributed by atoms with Crippen molar-refractivity contribution in [1.82, 2.24) is 4.90 Å². The summed E-state index contributed by atoms with van der Waals surface area (Å²) in [6.45, 7) is 4.45. The van der Waals surface area contributed by atoms with Crippen molar-refractivity contribution in [3.05, 3.63) is 24.3 Å². The summed E-state index contributed by atoms with van der Waals surface area (Å²) >= 11 is 0. The minimum atomic E-state index is 0.0841. The molecule has 1 aromatic carbocycles. The smallest absolute Gasteiger partial charge is 0.260 e. The summed E-state index contributed by atoms with van der Waals surface area (Å²) in [5.74, 6) is 1.61. The van der Waals surface area contributed by atoms with E-state index in [9.17, 15) is 4.79 Å². The lowest BCUT2D eigenvalue weighted by atomic mass is 10.2. The van der Waals surface area contributed by atoms with Crippen LogP contribution in [0.3, 0.4) is 0 Å². The molecule has 0 N–H and O–H groups in total. The summed E-state index contributed by atoms with van der Waals surface area (Å²) < 4.78 is 10.9. The molecule has 20 heavy (non-hydrogen) atoms. The highest BCUT2D eigenvalue weighted by Gasteiger charge is 2.15. The Morgan fingerprint density at radius 1 is 1.00 bits per heavy atom. The molecule has 1 aromatic rings. The number of benzene rings is 1. The highest BCUT2D eigenvalue weighted by Crippen LogP contribution is 2.17. The molecule has 4 heteroatoms. The van der Waals surface area contributed by atoms with Crippen LogP contribution >= 0.6 is 0 Å². The maximum Gasteiger partial charge on any atom is 0.260 e. The third-order valence-corrected chi connectivity index (χ3v) is 3.46. The van der Waals surface area contributed by atoms with E-state index in [4.69, 9.17) is 9.47 Å². The molecular weight excluding hydrogens is 254 g/mol. The minimum Gasteiger partial charge on any atom is -0.494 e. The lowest BCUT2D eigenvalue weighted by Gasteiger charge is -2.20. The molecule has 1 amide bonds. The molecule has 110 valence electrons. The summed E-state index contributed by atoms with van der Waals surface area (Å²) in [4.78, 5) is 14.0. The number of rotatable bonds is 5. The molecule has 4 nitrogen and oxygen atoms in total. The average Bonchev–Trinajstić information content (AvgIpc) is 2.76. The summed E-state index contributed by atoms with van der Waals surface area (Å²) in [6, 6.07) is 7.38. The molecule has 0 saturated carbocycles. The number of carbonyl (C=O) groups is 1. The van der Waals surface area contributed by atoms with Gasteiger partial charge in [0.25, 0.3) is 5.91 Å². The Kier molecular flexibility index (Phi) is 5.71. The van der Waals surface area contributed by atoms with E-state index in [2.05, 4.69) is 0 Å². The second-order valence-corrected chi connectivity index (χ2v) is 4.99. The number of amides is 1.